The molecule has 1 saturated heterocycles. The molecule has 5 heteroatoms. The molecule has 1 heterocycles. The lowest BCUT2D eigenvalue weighted by molar-refractivity contribution is -0.0952. The van der Waals surface area contributed by atoms with Crippen molar-refractivity contribution in [1.82, 2.24) is 5.48 Å². The van der Waals surface area contributed by atoms with E-state index in [1.54, 1.807) is 0 Å². The Morgan fingerprint density at radius 3 is 1.71 bits per heavy atom. The van der Waals surface area contributed by atoms with Gasteiger partial charge in [-0.25, -0.2) is 0 Å². The van der Waals surface area contributed by atoms with Gasteiger partial charge in [-0.3, -0.25) is 4.84 Å². The van der Waals surface area contributed by atoms with Gasteiger partial charge < -0.3 is 14.2 Å². The van der Waals surface area contributed by atoms with Crippen LogP contribution >= 0.6 is 0 Å². The Morgan fingerprint density at radius 2 is 1.16 bits per heavy atom. The highest BCUT2D eigenvalue weighted by Gasteiger charge is 2.69. The Kier molecular flexibility index (Phi) is 6.11. The third-order valence-electron chi connectivity index (χ3n) is 5.85. The van der Waals surface area contributed by atoms with Crippen LogP contribution in [0.1, 0.15) is 23.1 Å². The highest BCUT2D eigenvalue weighted by Crippen LogP contribution is 2.51. The minimum Gasteiger partial charge on any atom is -0.370 e. The van der Waals surface area contributed by atoms with E-state index in [2.05, 4.69) is 29.7 Å². The lowest BCUT2D eigenvalue weighted by Gasteiger charge is -2.23. The summed E-state index contributed by atoms with van der Waals surface area (Å²) in [5, 5.41) is 0. The third-order valence-corrected chi connectivity index (χ3v) is 5.85. The zero-order valence-electron chi connectivity index (χ0n) is 17.4. The van der Waals surface area contributed by atoms with Gasteiger partial charge in [0.05, 0.1) is 25.9 Å². The van der Waals surface area contributed by atoms with E-state index in [-0.39, 0.29) is 18.4 Å². The molecule has 1 aliphatic heterocycles. The van der Waals surface area contributed by atoms with Crippen molar-refractivity contribution >= 4 is 0 Å². The van der Waals surface area contributed by atoms with Crippen molar-refractivity contribution in [3.05, 3.63) is 108 Å². The molecule has 2 aliphatic rings. The number of hydrogen-bond acceptors (Lipinski definition) is 5. The van der Waals surface area contributed by atoms with Gasteiger partial charge in [0.25, 0.3) is 0 Å². The Labute approximate surface area is 182 Å². The first kappa shape index (κ1) is 20.4. The molecule has 5 nitrogen and oxygen atoms in total. The predicted molar refractivity (Wildman–Crippen MR) is 117 cm³/mol. The van der Waals surface area contributed by atoms with Crippen molar-refractivity contribution < 1.29 is 19.0 Å². The van der Waals surface area contributed by atoms with E-state index in [9.17, 15) is 0 Å². The summed E-state index contributed by atoms with van der Waals surface area (Å²) in [6, 6.07) is 30.5. The van der Waals surface area contributed by atoms with Gasteiger partial charge in [0, 0.05) is 6.42 Å². The van der Waals surface area contributed by atoms with Crippen LogP contribution in [-0.4, -0.2) is 24.0 Å². The molecule has 1 spiro atoms. The van der Waals surface area contributed by atoms with E-state index in [1.807, 2.05) is 66.7 Å². The van der Waals surface area contributed by atoms with Crippen molar-refractivity contribution in [1.29, 1.82) is 0 Å². The number of hydroxylamine groups is 1. The maximum Gasteiger partial charge on any atom is 0.159 e. The molecule has 5 rings (SSSR count). The largest absolute Gasteiger partial charge is 0.370 e. The molecule has 1 saturated carbocycles. The Morgan fingerprint density at radius 1 is 0.677 bits per heavy atom. The summed E-state index contributed by atoms with van der Waals surface area (Å²) in [4.78, 5) is 6.03. The first-order chi connectivity index (χ1) is 15.3. The van der Waals surface area contributed by atoms with Crippen LogP contribution < -0.4 is 5.48 Å². The van der Waals surface area contributed by atoms with E-state index >= 15 is 0 Å². The van der Waals surface area contributed by atoms with Crippen LogP contribution in [0.4, 0.5) is 0 Å². The standard InChI is InChI=1S/C26H27NO4/c1-4-10-20(11-5-1)17-28-23-16-26(23)24(29-18-21-12-6-2-7-13-21)25(27-31-26)30-19-22-14-8-3-9-15-22/h1-15,23-25,27H,16-19H2/t23?,24-,25+,26+/m0/s1. The summed E-state index contributed by atoms with van der Waals surface area (Å²) in [6.45, 7) is 1.53. The van der Waals surface area contributed by atoms with Crippen LogP contribution in [0.5, 0.6) is 0 Å². The molecule has 3 aromatic carbocycles. The van der Waals surface area contributed by atoms with E-state index in [1.165, 1.54) is 0 Å². The van der Waals surface area contributed by atoms with Gasteiger partial charge in [-0.15, -0.1) is 0 Å². The SMILES string of the molecule is c1ccc(COC2C[C@@]23ON[C@H](OCc2ccccc2)[C@@H]3OCc2ccccc2)cc1. The summed E-state index contributed by atoms with van der Waals surface area (Å²) < 4.78 is 18.7. The van der Waals surface area contributed by atoms with Crippen LogP contribution in [0.25, 0.3) is 0 Å². The van der Waals surface area contributed by atoms with E-state index in [0.29, 0.717) is 19.8 Å². The summed E-state index contributed by atoms with van der Waals surface area (Å²) in [7, 11) is 0. The number of ether oxygens (including phenoxy) is 3. The lowest BCUT2D eigenvalue weighted by atomic mass is 10.1. The average Bonchev–Trinajstić information content (AvgIpc) is 3.43. The molecule has 3 aromatic rings. The molecule has 31 heavy (non-hydrogen) atoms. The fraction of sp³-hybridized carbons (Fsp3) is 0.308. The predicted octanol–water partition coefficient (Wildman–Crippen LogP) is 4.38. The molecule has 4 atom stereocenters. The van der Waals surface area contributed by atoms with Gasteiger partial charge in [0.1, 0.15) is 11.7 Å². The fourth-order valence-corrected chi connectivity index (χ4v) is 4.02. The second-order valence-corrected chi connectivity index (χ2v) is 8.10. The first-order valence-corrected chi connectivity index (χ1v) is 10.7. The van der Waals surface area contributed by atoms with Crippen molar-refractivity contribution in [2.45, 2.75) is 50.3 Å². The van der Waals surface area contributed by atoms with E-state index in [0.717, 1.165) is 23.1 Å². The number of nitrogens with one attached hydrogen (secondary N) is 1. The van der Waals surface area contributed by atoms with E-state index < -0.39 is 5.60 Å². The molecule has 0 aromatic heterocycles. The smallest absolute Gasteiger partial charge is 0.159 e. The van der Waals surface area contributed by atoms with Crippen LogP contribution in [0.15, 0.2) is 91.0 Å². The van der Waals surface area contributed by atoms with Gasteiger partial charge >= 0.3 is 0 Å². The zero-order chi connectivity index (χ0) is 20.9. The van der Waals surface area contributed by atoms with Crippen molar-refractivity contribution in [3.63, 3.8) is 0 Å². The Balaban J connectivity index is 1.25. The molecular formula is C26H27NO4. The second kappa shape index (κ2) is 9.30. The van der Waals surface area contributed by atoms with Crippen LogP contribution in [0, 0.1) is 0 Å². The minimum atomic E-state index is -0.523. The maximum atomic E-state index is 6.36. The zero-order valence-corrected chi connectivity index (χ0v) is 17.4. The van der Waals surface area contributed by atoms with Crippen molar-refractivity contribution in [2.75, 3.05) is 0 Å². The number of hydrogen-bond donors (Lipinski definition) is 1. The second-order valence-electron chi connectivity index (χ2n) is 8.10. The van der Waals surface area contributed by atoms with Crippen molar-refractivity contribution in [3.8, 4) is 0 Å². The number of benzene rings is 3. The molecular weight excluding hydrogens is 390 g/mol. The molecule has 0 bridgehead atoms. The topological polar surface area (TPSA) is 49.0 Å². The number of rotatable bonds is 9. The van der Waals surface area contributed by atoms with Crippen LogP contribution in [-0.2, 0) is 38.9 Å². The quantitative estimate of drug-likeness (QED) is 0.560. The van der Waals surface area contributed by atoms with Crippen molar-refractivity contribution in [2.24, 2.45) is 0 Å². The molecule has 160 valence electrons. The summed E-state index contributed by atoms with van der Waals surface area (Å²) in [6.07, 6.45) is 0.107. The summed E-state index contributed by atoms with van der Waals surface area (Å²) in [5.41, 5.74) is 5.92. The molecule has 1 aliphatic carbocycles. The van der Waals surface area contributed by atoms with Crippen LogP contribution in [0.3, 0.4) is 0 Å². The normalized spacial score (nSPS) is 26.9. The maximum absolute atomic E-state index is 6.36. The fourth-order valence-electron chi connectivity index (χ4n) is 4.02. The third kappa shape index (κ3) is 4.71. The summed E-state index contributed by atoms with van der Waals surface area (Å²) >= 11 is 0. The first-order valence-electron chi connectivity index (χ1n) is 10.7. The molecule has 1 N–H and O–H groups in total. The van der Waals surface area contributed by atoms with Gasteiger partial charge in [0.2, 0.25) is 0 Å². The van der Waals surface area contributed by atoms with Gasteiger partial charge in [-0.05, 0) is 16.7 Å². The highest BCUT2D eigenvalue weighted by molar-refractivity contribution is 5.20. The van der Waals surface area contributed by atoms with Gasteiger partial charge in [-0.1, -0.05) is 91.0 Å². The molecule has 0 amide bonds. The van der Waals surface area contributed by atoms with Crippen LogP contribution in [0.2, 0.25) is 0 Å². The molecule has 1 unspecified atom stereocenters. The molecule has 2 fully saturated rings. The monoisotopic (exact) mass is 417 g/mol. The highest BCUT2D eigenvalue weighted by atomic mass is 16.8. The Hall–Kier alpha value is -2.54. The van der Waals surface area contributed by atoms with Gasteiger partial charge in [0.15, 0.2) is 6.23 Å². The molecule has 0 radical (unpaired) electrons. The Bertz CT molecular complexity index is 953. The summed E-state index contributed by atoms with van der Waals surface area (Å²) in [5.74, 6) is 0. The lowest BCUT2D eigenvalue weighted by Crippen LogP contribution is -2.40. The van der Waals surface area contributed by atoms with Gasteiger partial charge in [-0.2, -0.15) is 5.48 Å². The van der Waals surface area contributed by atoms with E-state index in [4.69, 9.17) is 19.0 Å². The minimum absolute atomic E-state index is 0.0358. The average molecular weight is 418 g/mol.